The van der Waals surface area contributed by atoms with Gasteiger partial charge in [-0.3, -0.25) is 4.79 Å². The third-order valence-electron chi connectivity index (χ3n) is 4.42. The molecule has 1 aliphatic carbocycles. The quantitative estimate of drug-likeness (QED) is 0.805. The van der Waals surface area contributed by atoms with Crippen LogP contribution >= 0.6 is 0 Å². The number of carbonyl (C=O) groups excluding carboxylic acids is 1. The van der Waals surface area contributed by atoms with Gasteiger partial charge in [0.05, 0.1) is 5.92 Å². The molecule has 1 N–H and O–H groups in total. The van der Waals surface area contributed by atoms with Gasteiger partial charge in [0, 0.05) is 5.69 Å². The highest BCUT2D eigenvalue weighted by Gasteiger charge is 2.38. The SMILES string of the molecule is CC1CCC(C2C(=O)Nc3ccc(F)cc32)CC1. The van der Waals surface area contributed by atoms with E-state index in [-0.39, 0.29) is 17.6 Å². The fourth-order valence-electron chi connectivity index (χ4n) is 3.34. The number of anilines is 1. The fraction of sp³-hybridized carbons (Fsp3) is 0.533. The van der Waals surface area contributed by atoms with E-state index in [0.717, 1.165) is 30.0 Å². The molecule has 1 heterocycles. The summed E-state index contributed by atoms with van der Waals surface area (Å²) in [6.07, 6.45) is 4.52. The number of carbonyl (C=O) groups is 1. The van der Waals surface area contributed by atoms with Crippen LogP contribution in [0.4, 0.5) is 10.1 Å². The molecular formula is C15H18FNO. The predicted octanol–water partition coefficient (Wildman–Crippen LogP) is 3.69. The Bertz CT molecular complexity index is 477. The van der Waals surface area contributed by atoms with Crippen molar-refractivity contribution in [3.63, 3.8) is 0 Å². The van der Waals surface area contributed by atoms with E-state index in [1.54, 1.807) is 6.07 Å². The first-order valence-corrected chi connectivity index (χ1v) is 6.75. The van der Waals surface area contributed by atoms with Gasteiger partial charge in [0.1, 0.15) is 5.82 Å². The van der Waals surface area contributed by atoms with Crippen molar-refractivity contribution in [2.24, 2.45) is 11.8 Å². The molecule has 18 heavy (non-hydrogen) atoms. The van der Waals surface area contributed by atoms with E-state index in [0.29, 0.717) is 5.92 Å². The number of halogens is 1. The summed E-state index contributed by atoms with van der Waals surface area (Å²) < 4.78 is 13.4. The number of fused-ring (bicyclic) bond motifs is 1. The molecule has 0 spiro atoms. The fourth-order valence-corrected chi connectivity index (χ4v) is 3.34. The number of hydrogen-bond donors (Lipinski definition) is 1. The summed E-state index contributed by atoms with van der Waals surface area (Å²) in [6, 6.07) is 4.61. The van der Waals surface area contributed by atoms with E-state index in [2.05, 4.69) is 12.2 Å². The molecular weight excluding hydrogens is 229 g/mol. The maximum absolute atomic E-state index is 13.4. The van der Waals surface area contributed by atoms with Crippen LogP contribution in [0.5, 0.6) is 0 Å². The number of amides is 1. The lowest BCUT2D eigenvalue weighted by Crippen LogP contribution is -2.24. The average Bonchev–Trinajstić information content (AvgIpc) is 2.66. The van der Waals surface area contributed by atoms with Crippen LogP contribution in [0, 0.1) is 17.7 Å². The van der Waals surface area contributed by atoms with Crippen LogP contribution in [0.25, 0.3) is 0 Å². The Labute approximate surface area is 107 Å². The zero-order valence-electron chi connectivity index (χ0n) is 10.6. The largest absolute Gasteiger partial charge is 0.325 e. The lowest BCUT2D eigenvalue weighted by molar-refractivity contribution is -0.118. The third-order valence-corrected chi connectivity index (χ3v) is 4.42. The Morgan fingerprint density at radius 2 is 1.94 bits per heavy atom. The summed E-state index contributed by atoms with van der Waals surface area (Å²) in [5.41, 5.74) is 1.66. The van der Waals surface area contributed by atoms with Crippen molar-refractivity contribution in [3.8, 4) is 0 Å². The number of benzene rings is 1. The summed E-state index contributed by atoms with van der Waals surface area (Å²) in [4.78, 5) is 12.1. The van der Waals surface area contributed by atoms with Gasteiger partial charge < -0.3 is 5.32 Å². The molecule has 1 aliphatic heterocycles. The Morgan fingerprint density at radius 3 is 2.67 bits per heavy atom. The summed E-state index contributed by atoms with van der Waals surface area (Å²) >= 11 is 0. The molecule has 2 aliphatic rings. The van der Waals surface area contributed by atoms with E-state index in [1.807, 2.05) is 0 Å². The number of hydrogen-bond acceptors (Lipinski definition) is 1. The van der Waals surface area contributed by atoms with Gasteiger partial charge in [-0.15, -0.1) is 0 Å². The molecule has 1 aromatic carbocycles. The minimum Gasteiger partial charge on any atom is -0.325 e. The zero-order chi connectivity index (χ0) is 12.7. The van der Waals surface area contributed by atoms with Crippen LogP contribution in [-0.4, -0.2) is 5.91 Å². The first-order chi connectivity index (χ1) is 8.65. The molecule has 1 atom stereocenters. The molecule has 0 radical (unpaired) electrons. The van der Waals surface area contributed by atoms with Crippen LogP contribution in [0.15, 0.2) is 18.2 Å². The lowest BCUT2D eigenvalue weighted by atomic mass is 9.74. The van der Waals surface area contributed by atoms with Crippen molar-refractivity contribution < 1.29 is 9.18 Å². The molecule has 1 saturated carbocycles. The first kappa shape index (κ1) is 11.7. The second-order valence-corrected chi connectivity index (χ2v) is 5.72. The van der Waals surface area contributed by atoms with Crippen molar-refractivity contribution in [2.45, 2.75) is 38.5 Å². The topological polar surface area (TPSA) is 29.1 Å². The number of nitrogens with one attached hydrogen (secondary N) is 1. The van der Waals surface area contributed by atoms with Gasteiger partial charge >= 0.3 is 0 Å². The average molecular weight is 247 g/mol. The monoisotopic (exact) mass is 247 g/mol. The van der Waals surface area contributed by atoms with Gasteiger partial charge in [0.15, 0.2) is 0 Å². The second-order valence-electron chi connectivity index (χ2n) is 5.72. The van der Waals surface area contributed by atoms with Gasteiger partial charge in [-0.1, -0.05) is 19.8 Å². The van der Waals surface area contributed by atoms with Crippen LogP contribution in [-0.2, 0) is 4.79 Å². The normalized spacial score (nSPS) is 31.0. The first-order valence-electron chi connectivity index (χ1n) is 6.75. The molecule has 0 saturated heterocycles. The Balaban J connectivity index is 1.89. The lowest BCUT2D eigenvalue weighted by Gasteiger charge is -2.29. The highest BCUT2D eigenvalue weighted by molar-refractivity contribution is 6.03. The van der Waals surface area contributed by atoms with Crippen molar-refractivity contribution in [2.75, 3.05) is 5.32 Å². The van der Waals surface area contributed by atoms with Crippen molar-refractivity contribution >= 4 is 11.6 Å². The Kier molecular flexibility index (Phi) is 2.84. The van der Waals surface area contributed by atoms with Crippen LogP contribution < -0.4 is 5.32 Å². The molecule has 1 amide bonds. The summed E-state index contributed by atoms with van der Waals surface area (Å²) in [7, 11) is 0. The third kappa shape index (κ3) is 1.92. The maximum atomic E-state index is 13.4. The van der Waals surface area contributed by atoms with Gasteiger partial charge in [-0.05, 0) is 48.4 Å². The summed E-state index contributed by atoms with van der Waals surface area (Å²) in [5, 5.41) is 2.88. The Hall–Kier alpha value is -1.38. The van der Waals surface area contributed by atoms with Crippen molar-refractivity contribution in [1.82, 2.24) is 0 Å². The number of rotatable bonds is 1. The van der Waals surface area contributed by atoms with Crippen molar-refractivity contribution in [3.05, 3.63) is 29.6 Å². The molecule has 3 rings (SSSR count). The van der Waals surface area contributed by atoms with Crippen LogP contribution in [0.1, 0.15) is 44.1 Å². The Morgan fingerprint density at radius 1 is 1.22 bits per heavy atom. The molecule has 1 fully saturated rings. The van der Waals surface area contributed by atoms with Crippen molar-refractivity contribution in [1.29, 1.82) is 0 Å². The molecule has 1 unspecified atom stereocenters. The molecule has 1 aromatic rings. The van der Waals surface area contributed by atoms with Crippen LogP contribution in [0.3, 0.4) is 0 Å². The van der Waals surface area contributed by atoms with E-state index in [4.69, 9.17) is 0 Å². The predicted molar refractivity (Wildman–Crippen MR) is 68.9 cm³/mol. The molecule has 96 valence electrons. The zero-order valence-corrected chi connectivity index (χ0v) is 10.6. The summed E-state index contributed by atoms with van der Waals surface area (Å²) in [6.45, 7) is 2.26. The van der Waals surface area contributed by atoms with E-state index >= 15 is 0 Å². The minimum atomic E-state index is -0.251. The highest BCUT2D eigenvalue weighted by Crippen LogP contribution is 2.44. The standard InChI is InChI=1S/C15H18FNO/c1-9-2-4-10(5-3-9)14-12-8-11(16)6-7-13(12)17-15(14)18/h6-10,14H,2-5H2,1H3,(H,17,18). The van der Waals surface area contributed by atoms with Gasteiger partial charge in [0.25, 0.3) is 0 Å². The van der Waals surface area contributed by atoms with Crippen LogP contribution in [0.2, 0.25) is 0 Å². The summed E-state index contributed by atoms with van der Waals surface area (Å²) in [5.74, 6) is 0.805. The molecule has 2 nitrogen and oxygen atoms in total. The van der Waals surface area contributed by atoms with Gasteiger partial charge in [0.2, 0.25) is 5.91 Å². The molecule has 3 heteroatoms. The maximum Gasteiger partial charge on any atom is 0.232 e. The van der Waals surface area contributed by atoms with E-state index in [1.165, 1.54) is 25.0 Å². The van der Waals surface area contributed by atoms with Gasteiger partial charge in [-0.2, -0.15) is 0 Å². The van der Waals surface area contributed by atoms with E-state index in [9.17, 15) is 9.18 Å². The minimum absolute atomic E-state index is 0.0511. The second kappa shape index (κ2) is 4.38. The molecule has 0 aromatic heterocycles. The highest BCUT2D eigenvalue weighted by atomic mass is 19.1. The molecule has 0 bridgehead atoms. The smallest absolute Gasteiger partial charge is 0.232 e. The van der Waals surface area contributed by atoms with Gasteiger partial charge in [-0.25, -0.2) is 4.39 Å². The van der Waals surface area contributed by atoms with E-state index < -0.39 is 0 Å².